The molecule has 2 rings (SSSR count). The fourth-order valence-electron chi connectivity index (χ4n) is 2.56. The topological polar surface area (TPSA) is 57.7 Å². The van der Waals surface area contributed by atoms with Gasteiger partial charge < -0.3 is 20.7 Å². The number of aliphatic imine (C=N–C) groups is 1. The summed E-state index contributed by atoms with van der Waals surface area (Å²) in [5.74, 6) is 0.821. The number of nitrogens with zero attached hydrogens (tertiary/aromatic N) is 1. The zero-order chi connectivity index (χ0) is 19.3. The molecule has 6 heteroatoms. The molecule has 0 unspecified atom stereocenters. The second-order valence-corrected chi connectivity index (χ2v) is 6.55. The maximum Gasteiger partial charge on any atom is 0.191 e. The number of benzene rings is 2. The van der Waals surface area contributed by atoms with E-state index in [4.69, 9.17) is 16.3 Å². The molecular formula is C21H29ClN4O. The molecule has 146 valence electrons. The van der Waals surface area contributed by atoms with E-state index < -0.39 is 0 Å². The van der Waals surface area contributed by atoms with Gasteiger partial charge in [-0.3, -0.25) is 0 Å². The van der Waals surface area contributed by atoms with Crippen LogP contribution in [0.1, 0.15) is 18.1 Å². The van der Waals surface area contributed by atoms with Crippen molar-refractivity contribution in [2.24, 2.45) is 4.99 Å². The van der Waals surface area contributed by atoms with Crippen molar-refractivity contribution in [3.05, 3.63) is 64.7 Å². The molecule has 0 spiro atoms. The quantitative estimate of drug-likeness (QED) is 0.330. The molecule has 3 N–H and O–H groups in total. The highest BCUT2D eigenvalue weighted by Gasteiger charge is 2.00. The van der Waals surface area contributed by atoms with Crippen molar-refractivity contribution in [3.8, 4) is 0 Å². The largest absolute Gasteiger partial charge is 0.383 e. The number of guanidine groups is 1. The van der Waals surface area contributed by atoms with Gasteiger partial charge in [0.25, 0.3) is 0 Å². The second kappa shape index (κ2) is 12.2. The van der Waals surface area contributed by atoms with Gasteiger partial charge in [0.1, 0.15) is 0 Å². The average molecular weight is 389 g/mol. The van der Waals surface area contributed by atoms with Crippen LogP contribution in [0.3, 0.4) is 0 Å². The summed E-state index contributed by atoms with van der Waals surface area (Å²) >= 11 is 6.03. The van der Waals surface area contributed by atoms with Crippen molar-refractivity contribution in [3.63, 3.8) is 0 Å². The zero-order valence-corrected chi connectivity index (χ0v) is 16.9. The number of ether oxygens (including phenoxy) is 1. The van der Waals surface area contributed by atoms with Crippen molar-refractivity contribution < 1.29 is 4.74 Å². The third-order valence-electron chi connectivity index (χ3n) is 3.95. The van der Waals surface area contributed by atoms with Gasteiger partial charge in [0.2, 0.25) is 0 Å². The first-order chi connectivity index (χ1) is 13.2. The Morgan fingerprint density at radius 3 is 2.56 bits per heavy atom. The Balaban J connectivity index is 1.83. The van der Waals surface area contributed by atoms with Crippen LogP contribution < -0.4 is 16.0 Å². The first kappa shape index (κ1) is 21.1. The molecule has 0 aliphatic heterocycles. The summed E-state index contributed by atoms with van der Waals surface area (Å²) in [5, 5.41) is 10.7. The van der Waals surface area contributed by atoms with E-state index in [1.54, 1.807) is 7.11 Å². The van der Waals surface area contributed by atoms with Crippen LogP contribution >= 0.6 is 11.6 Å². The second-order valence-electron chi connectivity index (χ2n) is 6.12. The maximum atomic E-state index is 6.03. The first-order valence-corrected chi connectivity index (χ1v) is 9.67. The smallest absolute Gasteiger partial charge is 0.191 e. The predicted octanol–water partition coefficient (Wildman–Crippen LogP) is 3.70. The molecule has 0 aromatic heterocycles. The molecule has 0 bridgehead atoms. The highest BCUT2D eigenvalue weighted by atomic mass is 35.5. The Bertz CT molecular complexity index is 704. The summed E-state index contributed by atoms with van der Waals surface area (Å²) in [6, 6.07) is 16.3. The summed E-state index contributed by atoms with van der Waals surface area (Å²) in [6.45, 7) is 5.81. The van der Waals surface area contributed by atoms with Gasteiger partial charge in [0, 0.05) is 37.5 Å². The standard InChI is InChI=1S/C21H29ClN4O/c1-3-23-21(25-12-11-17-5-4-6-19(22)15-17)26-16-18-7-9-20(10-8-18)24-13-14-27-2/h4-10,15,24H,3,11-14,16H2,1-2H3,(H2,23,25,26). The van der Waals surface area contributed by atoms with Crippen molar-refractivity contribution in [1.29, 1.82) is 0 Å². The average Bonchev–Trinajstić information content (AvgIpc) is 2.67. The van der Waals surface area contributed by atoms with E-state index in [1.165, 1.54) is 11.1 Å². The lowest BCUT2D eigenvalue weighted by Gasteiger charge is -2.12. The first-order valence-electron chi connectivity index (χ1n) is 9.29. The minimum absolute atomic E-state index is 0.630. The number of methoxy groups -OCH3 is 1. The number of rotatable bonds is 10. The SMILES string of the molecule is CCNC(=NCc1ccc(NCCOC)cc1)NCCc1cccc(Cl)c1. The highest BCUT2D eigenvalue weighted by molar-refractivity contribution is 6.30. The van der Waals surface area contributed by atoms with Crippen molar-refractivity contribution >= 4 is 23.2 Å². The fourth-order valence-corrected chi connectivity index (χ4v) is 2.77. The fraction of sp³-hybridized carbons (Fsp3) is 0.381. The molecule has 0 atom stereocenters. The van der Waals surface area contributed by atoms with Gasteiger partial charge in [-0.25, -0.2) is 4.99 Å². The van der Waals surface area contributed by atoms with Gasteiger partial charge in [-0.2, -0.15) is 0 Å². The lowest BCUT2D eigenvalue weighted by molar-refractivity contribution is 0.211. The van der Waals surface area contributed by atoms with E-state index in [2.05, 4.69) is 58.2 Å². The van der Waals surface area contributed by atoms with Crippen molar-refractivity contribution in [1.82, 2.24) is 10.6 Å². The van der Waals surface area contributed by atoms with Crippen LogP contribution in [0.2, 0.25) is 5.02 Å². The van der Waals surface area contributed by atoms with E-state index in [-0.39, 0.29) is 0 Å². The van der Waals surface area contributed by atoms with Gasteiger partial charge in [0.05, 0.1) is 13.2 Å². The number of hydrogen-bond donors (Lipinski definition) is 3. The Hall–Kier alpha value is -2.24. The number of anilines is 1. The number of halogens is 1. The van der Waals surface area contributed by atoms with Gasteiger partial charge in [-0.1, -0.05) is 35.9 Å². The zero-order valence-electron chi connectivity index (χ0n) is 16.1. The molecule has 0 amide bonds. The molecule has 0 radical (unpaired) electrons. The highest BCUT2D eigenvalue weighted by Crippen LogP contribution is 2.11. The van der Waals surface area contributed by atoms with Crippen molar-refractivity contribution in [2.75, 3.05) is 38.7 Å². The summed E-state index contributed by atoms with van der Waals surface area (Å²) < 4.78 is 5.04. The normalized spacial score (nSPS) is 11.3. The molecule has 0 heterocycles. The summed E-state index contributed by atoms with van der Waals surface area (Å²) in [7, 11) is 1.70. The van der Waals surface area contributed by atoms with E-state index in [1.807, 2.05) is 18.2 Å². The van der Waals surface area contributed by atoms with Crippen LogP contribution in [0.15, 0.2) is 53.5 Å². The molecule has 27 heavy (non-hydrogen) atoms. The maximum absolute atomic E-state index is 6.03. The molecule has 2 aromatic rings. The Morgan fingerprint density at radius 2 is 1.85 bits per heavy atom. The third kappa shape index (κ3) is 8.33. The van der Waals surface area contributed by atoms with Gasteiger partial charge >= 0.3 is 0 Å². The van der Waals surface area contributed by atoms with Crippen LogP contribution in [0, 0.1) is 0 Å². The molecular weight excluding hydrogens is 360 g/mol. The van der Waals surface area contributed by atoms with E-state index >= 15 is 0 Å². The molecule has 0 saturated carbocycles. The lowest BCUT2D eigenvalue weighted by atomic mass is 10.1. The van der Waals surface area contributed by atoms with Gasteiger partial charge in [-0.05, 0) is 48.7 Å². The van der Waals surface area contributed by atoms with Crippen LogP contribution in [-0.4, -0.2) is 39.3 Å². The lowest BCUT2D eigenvalue weighted by Crippen LogP contribution is -2.38. The van der Waals surface area contributed by atoms with Crippen molar-refractivity contribution in [2.45, 2.75) is 19.9 Å². The monoisotopic (exact) mass is 388 g/mol. The molecule has 5 nitrogen and oxygen atoms in total. The van der Waals surface area contributed by atoms with Crippen LogP contribution in [0.4, 0.5) is 5.69 Å². The molecule has 0 aliphatic carbocycles. The van der Waals surface area contributed by atoms with E-state index in [0.29, 0.717) is 13.2 Å². The third-order valence-corrected chi connectivity index (χ3v) is 4.18. The van der Waals surface area contributed by atoms with E-state index in [0.717, 1.165) is 42.7 Å². The van der Waals surface area contributed by atoms with Crippen LogP contribution in [0.5, 0.6) is 0 Å². The van der Waals surface area contributed by atoms with E-state index in [9.17, 15) is 0 Å². The summed E-state index contributed by atoms with van der Waals surface area (Å²) in [4.78, 5) is 4.67. The molecule has 2 aromatic carbocycles. The minimum atomic E-state index is 0.630. The Kier molecular flexibility index (Phi) is 9.52. The molecule has 0 aliphatic rings. The molecule has 0 saturated heterocycles. The Morgan fingerprint density at radius 1 is 1.04 bits per heavy atom. The minimum Gasteiger partial charge on any atom is -0.383 e. The predicted molar refractivity (Wildman–Crippen MR) is 115 cm³/mol. The number of nitrogens with one attached hydrogen (secondary N) is 3. The number of hydrogen-bond acceptors (Lipinski definition) is 3. The summed E-state index contributed by atoms with van der Waals surface area (Å²) in [6.07, 6.45) is 0.896. The Labute approximate surface area is 167 Å². The summed E-state index contributed by atoms with van der Waals surface area (Å²) in [5.41, 5.74) is 3.47. The van der Waals surface area contributed by atoms with Gasteiger partial charge in [0.15, 0.2) is 5.96 Å². The van der Waals surface area contributed by atoms with Crippen LogP contribution in [0.25, 0.3) is 0 Å². The van der Waals surface area contributed by atoms with Gasteiger partial charge in [-0.15, -0.1) is 0 Å². The molecule has 0 fully saturated rings. The van der Waals surface area contributed by atoms with Crippen LogP contribution in [-0.2, 0) is 17.7 Å².